The third-order valence-electron chi connectivity index (χ3n) is 2.18. The van der Waals surface area contributed by atoms with Crippen molar-refractivity contribution in [1.29, 1.82) is 0 Å². The van der Waals surface area contributed by atoms with Gasteiger partial charge in [-0.15, -0.1) is 0 Å². The molecule has 1 heterocycles. The molecule has 0 aromatic heterocycles. The van der Waals surface area contributed by atoms with E-state index < -0.39 is 0 Å². The summed E-state index contributed by atoms with van der Waals surface area (Å²) in [5.74, 6) is 0.238. The molecule has 3 heteroatoms. The fourth-order valence-electron chi connectivity index (χ4n) is 1.40. The molecule has 0 spiro atoms. The summed E-state index contributed by atoms with van der Waals surface area (Å²) in [6, 6.07) is 7.47. The highest BCUT2D eigenvalue weighted by Crippen LogP contribution is 2.31. The summed E-state index contributed by atoms with van der Waals surface area (Å²) in [4.78, 5) is 11.6. The van der Waals surface area contributed by atoms with Crippen LogP contribution in [0.3, 0.4) is 0 Å². The van der Waals surface area contributed by atoms with E-state index in [0.717, 1.165) is 5.56 Å². The number of hydrogen-bond acceptors (Lipinski definition) is 3. The van der Waals surface area contributed by atoms with Crippen LogP contribution in [-0.4, -0.2) is 10.8 Å². The largest absolute Gasteiger partial charge is 0.422 e. The average Bonchev–Trinajstić information content (AvgIpc) is 2.15. The summed E-state index contributed by atoms with van der Waals surface area (Å²) in [6.45, 7) is 1.92. The molecule has 0 amide bonds. The van der Waals surface area contributed by atoms with Crippen molar-refractivity contribution in [2.24, 2.45) is 0 Å². The molecule has 0 saturated carbocycles. The van der Waals surface area contributed by atoms with E-state index in [4.69, 9.17) is 17.0 Å². The molecule has 0 aliphatic carbocycles. The fourth-order valence-corrected chi connectivity index (χ4v) is 1.57. The Kier molecular flexibility index (Phi) is 1.88. The normalized spacial score (nSPS) is 20.8. The first-order valence-corrected chi connectivity index (χ1v) is 4.46. The molecule has 1 aromatic carbocycles. The molecule has 0 radical (unpaired) electrons. The smallest absolute Gasteiger partial charge is 0.351 e. The number of carbonyl (C=O) groups is 1. The lowest BCUT2D eigenvalue weighted by Gasteiger charge is -2.21. The van der Waals surface area contributed by atoms with Crippen molar-refractivity contribution < 1.29 is 9.53 Å². The van der Waals surface area contributed by atoms with Crippen LogP contribution in [0.4, 0.5) is 0 Å². The van der Waals surface area contributed by atoms with Crippen LogP contribution >= 0.6 is 12.2 Å². The highest BCUT2D eigenvalue weighted by molar-refractivity contribution is 7.82. The van der Waals surface area contributed by atoms with Crippen LogP contribution in [0.1, 0.15) is 18.4 Å². The standard InChI is InChI=1S/C10H8O2S/c1-6-7-4-2-3-5-8(7)12-10(11)9(6)13/h2-6H,1H3. The van der Waals surface area contributed by atoms with Crippen molar-refractivity contribution in [2.45, 2.75) is 12.8 Å². The summed E-state index contributed by atoms with van der Waals surface area (Å²) in [7, 11) is 0. The molecule has 2 nitrogen and oxygen atoms in total. The molecule has 1 aromatic rings. The molecule has 0 bridgehead atoms. The van der Waals surface area contributed by atoms with Crippen LogP contribution in [0.25, 0.3) is 0 Å². The van der Waals surface area contributed by atoms with Crippen molar-refractivity contribution in [1.82, 2.24) is 0 Å². The molecule has 0 N–H and O–H groups in total. The van der Waals surface area contributed by atoms with Crippen LogP contribution in [0, 0.1) is 0 Å². The Hall–Kier alpha value is -1.22. The number of esters is 1. The van der Waals surface area contributed by atoms with Gasteiger partial charge >= 0.3 is 5.97 Å². The number of benzene rings is 1. The number of rotatable bonds is 0. The number of para-hydroxylation sites is 1. The first kappa shape index (κ1) is 8.38. The summed E-state index contributed by atoms with van der Waals surface area (Å²) in [5, 5.41) is 0. The van der Waals surface area contributed by atoms with E-state index >= 15 is 0 Å². The van der Waals surface area contributed by atoms with E-state index in [2.05, 4.69) is 0 Å². The van der Waals surface area contributed by atoms with Gasteiger partial charge in [0.05, 0.1) is 0 Å². The van der Waals surface area contributed by atoms with E-state index in [1.807, 2.05) is 25.1 Å². The lowest BCUT2D eigenvalue weighted by atomic mass is 9.95. The number of carbonyl (C=O) groups excluding carboxylic acids is 1. The van der Waals surface area contributed by atoms with Gasteiger partial charge in [-0.25, -0.2) is 4.79 Å². The maximum absolute atomic E-state index is 11.2. The maximum Gasteiger partial charge on any atom is 0.351 e. The highest BCUT2D eigenvalue weighted by Gasteiger charge is 2.28. The van der Waals surface area contributed by atoms with E-state index in [0.29, 0.717) is 10.6 Å². The first-order valence-electron chi connectivity index (χ1n) is 4.05. The Bertz CT molecular complexity index is 384. The summed E-state index contributed by atoms with van der Waals surface area (Å²) < 4.78 is 5.03. The quantitative estimate of drug-likeness (QED) is 0.357. The molecule has 1 aliphatic rings. The monoisotopic (exact) mass is 192 g/mol. The van der Waals surface area contributed by atoms with Crippen LogP contribution in [0.5, 0.6) is 5.75 Å². The van der Waals surface area contributed by atoms with E-state index in [1.54, 1.807) is 6.07 Å². The number of thiocarbonyl (C=S) groups is 1. The van der Waals surface area contributed by atoms with Crippen LogP contribution in [0.2, 0.25) is 0 Å². The molecule has 1 unspecified atom stereocenters. The second kappa shape index (κ2) is 2.92. The average molecular weight is 192 g/mol. The number of ether oxygens (including phenoxy) is 1. The molecular weight excluding hydrogens is 184 g/mol. The minimum Gasteiger partial charge on any atom is -0.422 e. The Morgan fingerprint density at radius 2 is 2.08 bits per heavy atom. The summed E-state index contributed by atoms with van der Waals surface area (Å²) in [5.41, 5.74) is 0.993. The first-order chi connectivity index (χ1) is 6.20. The van der Waals surface area contributed by atoms with Crippen molar-refractivity contribution in [3.8, 4) is 5.75 Å². The van der Waals surface area contributed by atoms with Crippen molar-refractivity contribution >= 4 is 23.1 Å². The molecule has 0 fully saturated rings. The fraction of sp³-hybridized carbons (Fsp3) is 0.200. The molecule has 1 aliphatic heterocycles. The molecule has 1 atom stereocenters. The SMILES string of the molecule is CC1C(=S)C(=O)Oc2ccccc21. The molecule has 66 valence electrons. The minimum absolute atomic E-state index is 0.00699. The van der Waals surface area contributed by atoms with Gasteiger partial charge in [0.25, 0.3) is 0 Å². The Balaban J connectivity index is 2.55. The van der Waals surface area contributed by atoms with Crippen LogP contribution in [-0.2, 0) is 4.79 Å². The second-order valence-electron chi connectivity index (χ2n) is 3.01. The van der Waals surface area contributed by atoms with E-state index in [-0.39, 0.29) is 11.9 Å². The van der Waals surface area contributed by atoms with Gasteiger partial charge in [0.15, 0.2) is 0 Å². The van der Waals surface area contributed by atoms with Gasteiger partial charge in [-0.1, -0.05) is 37.3 Å². The Labute approximate surface area is 81.5 Å². The number of fused-ring (bicyclic) bond motifs is 1. The van der Waals surface area contributed by atoms with Crippen molar-refractivity contribution in [2.75, 3.05) is 0 Å². The zero-order chi connectivity index (χ0) is 9.42. The van der Waals surface area contributed by atoms with Crippen LogP contribution in [0.15, 0.2) is 24.3 Å². The van der Waals surface area contributed by atoms with Gasteiger partial charge in [0.2, 0.25) is 0 Å². The summed E-state index contributed by atoms with van der Waals surface area (Å²) in [6.07, 6.45) is 0. The zero-order valence-corrected chi connectivity index (χ0v) is 7.93. The van der Waals surface area contributed by atoms with Gasteiger partial charge in [-0.3, -0.25) is 0 Å². The third-order valence-corrected chi connectivity index (χ3v) is 2.70. The van der Waals surface area contributed by atoms with Crippen molar-refractivity contribution in [3.63, 3.8) is 0 Å². The van der Waals surface area contributed by atoms with Gasteiger partial charge in [0, 0.05) is 11.5 Å². The predicted octanol–water partition coefficient (Wildman–Crippen LogP) is 2.08. The molecule has 13 heavy (non-hydrogen) atoms. The number of hydrogen-bond donors (Lipinski definition) is 0. The van der Waals surface area contributed by atoms with Gasteiger partial charge < -0.3 is 4.74 Å². The zero-order valence-electron chi connectivity index (χ0n) is 7.11. The van der Waals surface area contributed by atoms with Gasteiger partial charge in [0.1, 0.15) is 10.6 Å². The maximum atomic E-state index is 11.2. The van der Waals surface area contributed by atoms with Crippen LogP contribution < -0.4 is 4.74 Å². The molecular formula is C10H8O2S. The Morgan fingerprint density at radius 1 is 1.38 bits per heavy atom. The second-order valence-corrected chi connectivity index (χ2v) is 3.45. The molecule has 0 saturated heterocycles. The van der Waals surface area contributed by atoms with E-state index in [9.17, 15) is 4.79 Å². The topological polar surface area (TPSA) is 26.3 Å². The highest BCUT2D eigenvalue weighted by atomic mass is 32.1. The molecule has 2 rings (SSSR count). The van der Waals surface area contributed by atoms with Gasteiger partial charge in [-0.05, 0) is 6.07 Å². The predicted molar refractivity (Wildman–Crippen MR) is 53.1 cm³/mol. The van der Waals surface area contributed by atoms with Crippen molar-refractivity contribution in [3.05, 3.63) is 29.8 Å². The van der Waals surface area contributed by atoms with Gasteiger partial charge in [-0.2, -0.15) is 0 Å². The third kappa shape index (κ3) is 1.25. The lowest BCUT2D eigenvalue weighted by molar-refractivity contribution is -0.127. The van der Waals surface area contributed by atoms with E-state index in [1.165, 1.54) is 0 Å². The Morgan fingerprint density at radius 3 is 2.85 bits per heavy atom. The minimum atomic E-state index is -0.388. The lowest BCUT2D eigenvalue weighted by Crippen LogP contribution is -2.28. The summed E-state index contributed by atoms with van der Waals surface area (Å²) >= 11 is 4.95.